The summed E-state index contributed by atoms with van der Waals surface area (Å²) in [7, 11) is 1.59. The van der Waals surface area contributed by atoms with Gasteiger partial charge in [0.2, 0.25) is 0 Å². The minimum atomic E-state index is 0.602. The third-order valence-electron chi connectivity index (χ3n) is 1.12. The van der Waals surface area contributed by atoms with Crippen molar-refractivity contribution in [3.63, 3.8) is 0 Å². The summed E-state index contributed by atoms with van der Waals surface area (Å²) in [5.41, 5.74) is 6.20. The molecule has 2 N–H and O–H groups in total. The minimum absolute atomic E-state index is 0.602. The van der Waals surface area contributed by atoms with Gasteiger partial charge >= 0.3 is 0 Å². The lowest BCUT2D eigenvalue weighted by molar-refractivity contribution is 0.416. The van der Waals surface area contributed by atoms with Crippen LogP contribution in [0.4, 0.5) is 5.69 Å². The normalized spacial score (nSPS) is 9.40. The largest absolute Gasteiger partial charge is 0.494 e. The Bertz CT molecular complexity index is 239. The highest BCUT2D eigenvalue weighted by atomic mass is 127. The van der Waals surface area contributed by atoms with Crippen LogP contribution in [-0.2, 0) is 0 Å². The fraction of sp³-hybridized carbons (Fsp3) is 0.167. The van der Waals surface area contributed by atoms with Crippen molar-refractivity contribution in [3.05, 3.63) is 16.0 Å². The summed E-state index contributed by atoms with van der Waals surface area (Å²) in [5, 5.41) is 0. The number of hydrogen-bond acceptors (Lipinski definition) is 3. The predicted octanol–water partition coefficient (Wildman–Crippen LogP) is 1.28. The molecule has 0 aliphatic rings. The Morgan fingerprint density at radius 3 is 2.90 bits per heavy atom. The molecule has 4 heteroatoms. The maximum atomic E-state index is 5.60. The molecular formula is C6H7IN2O. The number of rotatable bonds is 1. The summed E-state index contributed by atoms with van der Waals surface area (Å²) in [6.45, 7) is 0. The summed E-state index contributed by atoms with van der Waals surface area (Å²) in [6.07, 6.45) is 1.66. The summed E-state index contributed by atoms with van der Waals surface area (Å²) < 4.78 is 5.73. The van der Waals surface area contributed by atoms with Gasteiger partial charge in [0.15, 0.2) is 0 Å². The van der Waals surface area contributed by atoms with Crippen LogP contribution in [0.2, 0.25) is 0 Å². The lowest BCUT2D eigenvalue weighted by atomic mass is 10.4. The predicted molar refractivity (Wildman–Crippen MR) is 47.9 cm³/mol. The van der Waals surface area contributed by atoms with Gasteiger partial charge in [-0.1, -0.05) is 0 Å². The topological polar surface area (TPSA) is 48.1 Å². The fourth-order valence-electron chi connectivity index (χ4n) is 0.609. The van der Waals surface area contributed by atoms with Crippen LogP contribution in [0.15, 0.2) is 12.3 Å². The molecule has 0 aliphatic carbocycles. The quantitative estimate of drug-likeness (QED) is 0.603. The SMILES string of the molecule is COc1ccnc(I)c1N. The van der Waals surface area contributed by atoms with Gasteiger partial charge in [0.25, 0.3) is 0 Å². The van der Waals surface area contributed by atoms with Gasteiger partial charge in [-0.2, -0.15) is 0 Å². The van der Waals surface area contributed by atoms with Crippen molar-refractivity contribution < 1.29 is 4.74 Å². The van der Waals surface area contributed by atoms with Crippen LogP contribution in [0.3, 0.4) is 0 Å². The number of anilines is 1. The molecule has 1 aromatic rings. The first-order valence-corrected chi connectivity index (χ1v) is 3.77. The van der Waals surface area contributed by atoms with Gasteiger partial charge in [0.05, 0.1) is 7.11 Å². The second kappa shape index (κ2) is 3.05. The molecule has 1 heterocycles. The van der Waals surface area contributed by atoms with E-state index in [1.54, 1.807) is 19.4 Å². The second-order valence-electron chi connectivity index (χ2n) is 1.72. The first-order chi connectivity index (χ1) is 4.75. The molecule has 10 heavy (non-hydrogen) atoms. The number of halogens is 1. The van der Waals surface area contributed by atoms with E-state index in [0.717, 1.165) is 3.70 Å². The average Bonchev–Trinajstić information content (AvgIpc) is 1.95. The van der Waals surface area contributed by atoms with Crippen molar-refractivity contribution in [2.45, 2.75) is 0 Å². The van der Waals surface area contributed by atoms with E-state index in [9.17, 15) is 0 Å². The third kappa shape index (κ3) is 1.31. The molecule has 0 aromatic carbocycles. The van der Waals surface area contributed by atoms with Gasteiger partial charge in [0.1, 0.15) is 15.1 Å². The number of nitrogens with zero attached hydrogens (tertiary/aromatic N) is 1. The van der Waals surface area contributed by atoms with Gasteiger partial charge in [-0.3, -0.25) is 0 Å². The van der Waals surface area contributed by atoms with E-state index >= 15 is 0 Å². The van der Waals surface area contributed by atoms with E-state index in [-0.39, 0.29) is 0 Å². The number of methoxy groups -OCH3 is 1. The van der Waals surface area contributed by atoms with Gasteiger partial charge in [-0.25, -0.2) is 4.98 Å². The number of aromatic nitrogens is 1. The number of nitrogen functional groups attached to an aromatic ring is 1. The Kier molecular flexibility index (Phi) is 2.31. The van der Waals surface area contributed by atoms with E-state index in [1.807, 2.05) is 0 Å². The van der Waals surface area contributed by atoms with Gasteiger partial charge in [-0.15, -0.1) is 0 Å². The lowest BCUT2D eigenvalue weighted by Crippen LogP contribution is -1.96. The van der Waals surface area contributed by atoms with E-state index in [4.69, 9.17) is 10.5 Å². The van der Waals surface area contributed by atoms with Crippen LogP contribution in [0.5, 0.6) is 5.75 Å². The molecule has 0 bridgehead atoms. The van der Waals surface area contributed by atoms with Crippen molar-refractivity contribution in [2.24, 2.45) is 0 Å². The molecule has 0 fully saturated rings. The van der Waals surface area contributed by atoms with E-state index in [2.05, 4.69) is 27.6 Å². The highest BCUT2D eigenvalue weighted by molar-refractivity contribution is 14.1. The summed E-state index contributed by atoms with van der Waals surface area (Å²) in [4.78, 5) is 3.97. The molecule has 0 aliphatic heterocycles. The van der Waals surface area contributed by atoms with Crippen LogP contribution in [0.1, 0.15) is 0 Å². The smallest absolute Gasteiger partial charge is 0.145 e. The Hall–Kier alpha value is -0.520. The van der Waals surface area contributed by atoms with Crippen LogP contribution in [-0.4, -0.2) is 12.1 Å². The van der Waals surface area contributed by atoms with E-state index in [1.165, 1.54) is 0 Å². The molecule has 3 nitrogen and oxygen atoms in total. The molecule has 0 spiro atoms. The molecule has 0 saturated carbocycles. The molecule has 0 saturated heterocycles. The van der Waals surface area contributed by atoms with Crippen molar-refractivity contribution in [1.82, 2.24) is 4.98 Å². The molecule has 0 radical (unpaired) electrons. The van der Waals surface area contributed by atoms with Crippen molar-refractivity contribution in [2.75, 3.05) is 12.8 Å². The van der Waals surface area contributed by atoms with Crippen LogP contribution >= 0.6 is 22.6 Å². The number of nitrogens with two attached hydrogens (primary N) is 1. The lowest BCUT2D eigenvalue weighted by Gasteiger charge is -2.03. The molecule has 1 aromatic heterocycles. The number of ether oxygens (including phenoxy) is 1. The molecule has 0 unspecified atom stereocenters. The maximum Gasteiger partial charge on any atom is 0.145 e. The first kappa shape index (κ1) is 7.59. The Labute approximate surface area is 72.7 Å². The zero-order valence-corrected chi connectivity index (χ0v) is 7.62. The molecular weight excluding hydrogens is 243 g/mol. The van der Waals surface area contributed by atoms with E-state index in [0.29, 0.717) is 11.4 Å². The highest BCUT2D eigenvalue weighted by Gasteiger charge is 2.01. The Balaban J connectivity index is 3.14. The third-order valence-corrected chi connectivity index (χ3v) is 1.98. The maximum absolute atomic E-state index is 5.60. The van der Waals surface area contributed by atoms with Crippen molar-refractivity contribution in [1.29, 1.82) is 0 Å². The summed E-state index contributed by atoms with van der Waals surface area (Å²) in [5.74, 6) is 0.680. The van der Waals surface area contributed by atoms with Gasteiger partial charge in [0, 0.05) is 12.3 Å². The molecule has 1 rings (SSSR count). The highest BCUT2D eigenvalue weighted by Crippen LogP contribution is 2.23. The second-order valence-corrected chi connectivity index (χ2v) is 2.74. The van der Waals surface area contributed by atoms with E-state index < -0.39 is 0 Å². The molecule has 54 valence electrons. The number of hydrogen-bond donors (Lipinski definition) is 1. The standard InChI is InChI=1S/C6H7IN2O/c1-10-4-2-3-9-6(7)5(4)8/h2-3H,8H2,1H3. The molecule has 0 amide bonds. The van der Waals surface area contributed by atoms with Crippen LogP contribution < -0.4 is 10.5 Å². The zero-order chi connectivity index (χ0) is 7.56. The molecule has 0 atom stereocenters. The monoisotopic (exact) mass is 250 g/mol. The average molecular weight is 250 g/mol. The van der Waals surface area contributed by atoms with Gasteiger partial charge < -0.3 is 10.5 Å². The Morgan fingerprint density at radius 2 is 2.40 bits per heavy atom. The van der Waals surface area contributed by atoms with Crippen LogP contribution in [0.25, 0.3) is 0 Å². The summed E-state index contributed by atoms with van der Waals surface area (Å²) in [6, 6.07) is 1.73. The van der Waals surface area contributed by atoms with Gasteiger partial charge in [-0.05, 0) is 22.6 Å². The van der Waals surface area contributed by atoms with Crippen molar-refractivity contribution >= 4 is 28.3 Å². The number of pyridine rings is 1. The van der Waals surface area contributed by atoms with Crippen molar-refractivity contribution in [3.8, 4) is 5.75 Å². The zero-order valence-electron chi connectivity index (χ0n) is 5.47. The van der Waals surface area contributed by atoms with Crippen LogP contribution in [0, 0.1) is 3.70 Å². The first-order valence-electron chi connectivity index (χ1n) is 2.69. The fourth-order valence-corrected chi connectivity index (χ4v) is 1.04. The minimum Gasteiger partial charge on any atom is -0.494 e. The Morgan fingerprint density at radius 1 is 1.70 bits per heavy atom. The summed E-state index contributed by atoms with van der Waals surface area (Å²) >= 11 is 2.06.